The van der Waals surface area contributed by atoms with Crippen LogP contribution in [0.5, 0.6) is 5.88 Å². The molecule has 26 heavy (non-hydrogen) atoms. The molecule has 134 valence electrons. The van der Waals surface area contributed by atoms with Crippen molar-refractivity contribution in [3.05, 3.63) is 59.3 Å². The summed E-state index contributed by atoms with van der Waals surface area (Å²) in [4.78, 5) is 8.68. The van der Waals surface area contributed by atoms with Crippen molar-refractivity contribution in [1.29, 1.82) is 0 Å². The Morgan fingerprint density at radius 3 is 2.77 bits per heavy atom. The highest BCUT2D eigenvalue weighted by Gasteiger charge is 2.34. The molecule has 1 aliphatic rings. The highest BCUT2D eigenvalue weighted by molar-refractivity contribution is 9.10. The third kappa shape index (κ3) is 3.32. The normalized spacial score (nSPS) is 18.3. The standard InChI is InChI=1S/C18H16BrN3O3S/c19-14-6-7-17(21-11-14)25-15-8-10-22(12-15)26(23,24)16-5-1-3-13-4-2-9-20-18(13)16/h1-7,9,11,15H,8,10,12H2. The second kappa shape index (κ2) is 6.94. The quantitative estimate of drug-likeness (QED) is 0.631. The molecule has 8 heteroatoms. The van der Waals surface area contributed by atoms with Gasteiger partial charge in [0, 0.05) is 34.9 Å². The van der Waals surface area contributed by atoms with Gasteiger partial charge >= 0.3 is 0 Å². The number of ether oxygens (including phenoxy) is 1. The van der Waals surface area contributed by atoms with Gasteiger partial charge in [-0.2, -0.15) is 4.31 Å². The smallest absolute Gasteiger partial charge is 0.245 e. The van der Waals surface area contributed by atoms with Gasteiger partial charge < -0.3 is 4.74 Å². The van der Waals surface area contributed by atoms with E-state index in [0.29, 0.717) is 30.9 Å². The highest BCUT2D eigenvalue weighted by atomic mass is 79.9. The summed E-state index contributed by atoms with van der Waals surface area (Å²) in [5.74, 6) is 0.490. The zero-order valence-corrected chi connectivity index (χ0v) is 16.1. The van der Waals surface area contributed by atoms with E-state index in [9.17, 15) is 8.42 Å². The number of nitrogens with zero attached hydrogens (tertiary/aromatic N) is 3. The van der Waals surface area contributed by atoms with Crippen molar-refractivity contribution in [2.45, 2.75) is 17.4 Å². The monoisotopic (exact) mass is 433 g/mol. The Hall–Kier alpha value is -2.03. The average Bonchev–Trinajstić information content (AvgIpc) is 3.12. The van der Waals surface area contributed by atoms with Crippen LogP contribution in [0.2, 0.25) is 0 Å². The van der Waals surface area contributed by atoms with Crippen LogP contribution in [0.4, 0.5) is 0 Å². The summed E-state index contributed by atoms with van der Waals surface area (Å²) < 4.78 is 34.3. The summed E-state index contributed by atoms with van der Waals surface area (Å²) in [5.41, 5.74) is 0.494. The topological polar surface area (TPSA) is 72.4 Å². The lowest BCUT2D eigenvalue weighted by molar-refractivity contribution is 0.207. The fraction of sp³-hybridized carbons (Fsp3) is 0.222. The van der Waals surface area contributed by atoms with Gasteiger partial charge in [0.05, 0.1) is 12.1 Å². The predicted molar refractivity (Wildman–Crippen MR) is 101 cm³/mol. The van der Waals surface area contributed by atoms with E-state index in [2.05, 4.69) is 25.9 Å². The largest absolute Gasteiger partial charge is 0.473 e. The molecule has 1 aromatic carbocycles. The third-order valence-electron chi connectivity index (χ3n) is 4.31. The molecule has 1 atom stereocenters. The highest BCUT2D eigenvalue weighted by Crippen LogP contribution is 2.27. The molecule has 0 aliphatic carbocycles. The third-order valence-corrected chi connectivity index (χ3v) is 6.67. The number of hydrogen-bond acceptors (Lipinski definition) is 5. The SMILES string of the molecule is O=S(=O)(c1cccc2cccnc12)N1CCC(Oc2ccc(Br)cn2)C1. The summed E-state index contributed by atoms with van der Waals surface area (Å²) in [6.45, 7) is 0.704. The van der Waals surface area contributed by atoms with Gasteiger partial charge in [-0.1, -0.05) is 18.2 Å². The van der Waals surface area contributed by atoms with E-state index in [1.165, 1.54) is 4.31 Å². The predicted octanol–water partition coefficient (Wildman–Crippen LogP) is 3.23. The van der Waals surface area contributed by atoms with Crippen LogP contribution in [-0.4, -0.2) is 41.9 Å². The molecular formula is C18H16BrN3O3S. The Kier molecular flexibility index (Phi) is 4.64. The Bertz CT molecular complexity index is 1040. The Morgan fingerprint density at radius 2 is 1.96 bits per heavy atom. The van der Waals surface area contributed by atoms with E-state index in [-0.39, 0.29) is 11.0 Å². The number of hydrogen-bond donors (Lipinski definition) is 0. The number of aromatic nitrogens is 2. The van der Waals surface area contributed by atoms with E-state index < -0.39 is 10.0 Å². The van der Waals surface area contributed by atoms with E-state index in [1.807, 2.05) is 18.2 Å². The van der Waals surface area contributed by atoms with Gasteiger partial charge in [0.2, 0.25) is 15.9 Å². The molecule has 6 nitrogen and oxygen atoms in total. The number of benzene rings is 1. The zero-order chi connectivity index (χ0) is 18.1. The summed E-state index contributed by atoms with van der Waals surface area (Å²) >= 11 is 3.33. The van der Waals surface area contributed by atoms with Gasteiger partial charge in [-0.3, -0.25) is 4.98 Å². The van der Waals surface area contributed by atoms with Crippen molar-refractivity contribution in [1.82, 2.24) is 14.3 Å². The van der Waals surface area contributed by atoms with Crippen LogP contribution in [0.3, 0.4) is 0 Å². The molecule has 2 aromatic heterocycles. The molecule has 3 aromatic rings. The summed E-state index contributed by atoms with van der Waals surface area (Å²) in [6.07, 6.45) is 3.66. The van der Waals surface area contributed by atoms with Gasteiger partial charge in [0.15, 0.2) is 0 Å². The van der Waals surface area contributed by atoms with Crippen LogP contribution in [-0.2, 0) is 10.0 Å². The van der Waals surface area contributed by atoms with Crippen molar-refractivity contribution in [3.8, 4) is 5.88 Å². The molecule has 0 amide bonds. The first-order chi connectivity index (χ1) is 12.5. The molecule has 1 aliphatic heterocycles. The summed E-state index contributed by atoms with van der Waals surface area (Å²) in [7, 11) is -3.63. The number of halogens is 1. The number of pyridine rings is 2. The van der Waals surface area contributed by atoms with Crippen LogP contribution in [0, 0.1) is 0 Å². The maximum Gasteiger partial charge on any atom is 0.245 e. The Balaban J connectivity index is 1.56. The minimum absolute atomic E-state index is 0.221. The van der Waals surface area contributed by atoms with Gasteiger partial charge in [0.1, 0.15) is 11.0 Å². The van der Waals surface area contributed by atoms with E-state index in [1.54, 1.807) is 36.7 Å². The molecule has 0 spiro atoms. The van der Waals surface area contributed by atoms with Crippen molar-refractivity contribution < 1.29 is 13.2 Å². The Labute approximate surface area is 160 Å². The van der Waals surface area contributed by atoms with Crippen molar-refractivity contribution in [2.24, 2.45) is 0 Å². The van der Waals surface area contributed by atoms with Crippen molar-refractivity contribution >= 4 is 36.9 Å². The number of sulfonamides is 1. The van der Waals surface area contributed by atoms with Gasteiger partial charge in [-0.25, -0.2) is 13.4 Å². The zero-order valence-electron chi connectivity index (χ0n) is 13.7. The van der Waals surface area contributed by atoms with E-state index in [4.69, 9.17) is 4.74 Å². The Morgan fingerprint density at radius 1 is 1.12 bits per heavy atom. The molecule has 0 saturated carbocycles. The molecule has 3 heterocycles. The van der Waals surface area contributed by atoms with Crippen LogP contribution in [0.1, 0.15) is 6.42 Å². The van der Waals surface area contributed by atoms with Crippen molar-refractivity contribution in [2.75, 3.05) is 13.1 Å². The van der Waals surface area contributed by atoms with Crippen LogP contribution in [0.25, 0.3) is 10.9 Å². The fourth-order valence-corrected chi connectivity index (χ4v) is 4.92. The maximum atomic E-state index is 13.1. The number of rotatable bonds is 4. The molecule has 1 fully saturated rings. The van der Waals surface area contributed by atoms with Crippen LogP contribution >= 0.6 is 15.9 Å². The number of para-hydroxylation sites is 1. The second-order valence-corrected chi connectivity index (χ2v) is 8.86. The molecule has 0 N–H and O–H groups in total. The second-order valence-electron chi connectivity index (χ2n) is 6.04. The van der Waals surface area contributed by atoms with Gasteiger partial charge in [-0.05, 0) is 40.5 Å². The van der Waals surface area contributed by atoms with Gasteiger partial charge in [-0.15, -0.1) is 0 Å². The minimum atomic E-state index is -3.63. The first-order valence-electron chi connectivity index (χ1n) is 8.16. The molecule has 0 bridgehead atoms. The van der Waals surface area contributed by atoms with E-state index in [0.717, 1.165) is 9.86 Å². The minimum Gasteiger partial charge on any atom is -0.473 e. The lowest BCUT2D eigenvalue weighted by atomic mass is 10.2. The van der Waals surface area contributed by atoms with Crippen LogP contribution < -0.4 is 4.74 Å². The lowest BCUT2D eigenvalue weighted by Gasteiger charge is -2.18. The first kappa shape index (κ1) is 17.4. The number of fused-ring (bicyclic) bond motifs is 1. The summed E-state index contributed by atoms with van der Waals surface area (Å²) in [5, 5.41) is 0.805. The van der Waals surface area contributed by atoms with Crippen molar-refractivity contribution in [3.63, 3.8) is 0 Å². The fourth-order valence-electron chi connectivity index (χ4n) is 3.04. The maximum absolute atomic E-state index is 13.1. The summed E-state index contributed by atoms with van der Waals surface area (Å²) in [6, 6.07) is 12.5. The molecule has 0 radical (unpaired) electrons. The van der Waals surface area contributed by atoms with Crippen LogP contribution in [0.15, 0.2) is 64.2 Å². The molecule has 4 rings (SSSR count). The molecule has 1 unspecified atom stereocenters. The van der Waals surface area contributed by atoms with Gasteiger partial charge in [0.25, 0.3) is 0 Å². The molecule has 1 saturated heterocycles. The molecular weight excluding hydrogens is 418 g/mol. The first-order valence-corrected chi connectivity index (χ1v) is 10.4. The average molecular weight is 434 g/mol. The lowest BCUT2D eigenvalue weighted by Crippen LogP contribution is -2.31. The van der Waals surface area contributed by atoms with E-state index >= 15 is 0 Å².